The van der Waals surface area contributed by atoms with E-state index in [-0.39, 0.29) is 41.6 Å². The average Bonchev–Trinajstić information content (AvgIpc) is 2.81. The summed E-state index contributed by atoms with van der Waals surface area (Å²) in [6.45, 7) is 18.0. The molecule has 1 heterocycles. The van der Waals surface area contributed by atoms with Gasteiger partial charge in [-0.2, -0.15) is 0 Å². The third-order valence-electron chi connectivity index (χ3n) is 6.43. The number of halogens is 2. The predicted molar refractivity (Wildman–Crippen MR) is 147 cm³/mol. The predicted octanol–water partition coefficient (Wildman–Crippen LogP) is 0.977. The summed E-state index contributed by atoms with van der Waals surface area (Å²) in [5, 5.41) is 7.48. The molecular weight excluding hydrogens is 546 g/mol. The zero-order valence-corrected chi connectivity index (χ0v) is 25.5. The Morgan fingerprint density at radius 2 is 1.22 bits per heavy atom. The number of hydrogen-bond donors (Lipinski definition) is 2. The first-order valence-corrected chi connectivity index (χ1v) is 12.7. The van der Waals surface area contributed by atoms with Crippen LogP contribution >= 0.6 is 0 Å². The molecule has 3 aromatic rings. The molecule has 1 radical (unpaired) electrons. The Hall–Kier alpha value is -1.76. The monoisotopic (exact) mass is 587 g/mol. The van der Waals surface area contributed by atoms with Crippen LogP contribution in [0.3, 0.4) is 0 Å². The van der Waals surface area contributed by atoms with Crippen molar-refractivity contribution in [2.45, 2.75) is 59.9 Å². The summed E-state index contributed by atoms with van der Waals surface area (Å²) < 4.78 is 0. The van der Waals surface area contributed by atoms with Crippen molar-refractivity contribution in [1.29, 1.82) is 0 Å². The number of nitrogens with one attached hydrogen (secondary N) is 2. The van der Waals surface area contributed by atoms with E-state index in [1.807, 2.05) is 12.3 Å². The fourth-order valence-corrected chi connectivity index (χ4v) is 4.52. The molecule has 2 N–H and O–H groups in total. The first-order chi connectivity index (χ1) is 16.4. The molecule has 2 aromatic carbocycles. The summed E-state index contributed by atoms with van der Waals surface area (Å²) >= 11 is 0. The Bertz CT molecular complexity index is 999. The van der Waals surface area contributed by atoms with Crippen molar-refractivity contribution in [2.75, 3.05) is 36.8 Å². The SMILES string of the molecule is Cc1cccc(C)c1NCCN(CCNc1c(C(C)C)cccc1C(C)C)Cc1ccccn1.[Cl-].[Cl-].[Co+2]. The standard InChI is InChI=1S/C30H42N4.2ClH.Co/c1-22(2)27-14-10-15-28(23(3)4)30(27)33-18-20-34(21-26-13-7-8-16-31-26)19-17-32-29-24(5)11-9-12-25(29)6;;;/h7-16,22-23,32-33H,17-21H2,1-6H3;2*1H;/q;;;+2/p-2. The number of anilines is 2. The molecule has 3 rings (SSSR count). The first kappa shape index (κ1) is 35.2. The molecule has 0 amide bonds. The number of rotatable bonds is 12. The maximum atomic E-state index is 4.57. The Balaban J connectivity index is 0.00000432. The van der Waals surface area contributed by atoms with Crippen LogP contribution in [0.2, 0.25) is 0 Å². The molecule has 0 bridgehead atoms. The second-order valence-electron chi connectivity index (χ2n) is 9.84. The van der Waals surface area contributed by atoms with E-state index in [2.05, 4.69) is 111 Å². The molecule has 0 saturated heterocycles. The van der Waals surface area contributed by atoms with Crippen LogP contribution in [0, 0.1) is 13.8 Å². The van der Waals surface area contributed by atoms with E-state index in [0.29, 0.717) is 11.8 Å². The number of hydrogen-bond acceptors (Lipinski definition) is 4. The van der Waals surface area contributed by atoms with E-state index in [4.69, 9.17) is 0 Å². The summed E-state index contributed by atoms with van der Waals surface area (Å²) in [5.74, 6) is 0.986. The molecule has 0 unspecified atom stereocenters. The Morgan fingerprint density at radius 3 is 1.70 bits per heavy atom. The van der Waals surface area contributed by atoms with Crippen LogP contribution in [0.4, 0.5) is 11.4 Å². The summed E-state index contributed by atoms with van der Waals surface area (Å²) in [6, 6.07) is 19.3. The van der Waals surface area contributed by atoms with Gasteiger partial charge >= 0.3 is 16.8 Å². The van der Waals surface area contributed by atoms with Crippen molar-refractivity contribution >= 4 is 11.4 Å². The molecule has 1 aromatic heterocycles. The van der Waals surface area contributed by atoms with Crippen LogP contribution < -0.4 is 35.4 Å². The van der Waals surface area contributed by atoms with Crippen molar-refractivity contribution in [1.82, 2.24) is 9.88 Å². The quantitative estimate of drug-likeness (QED) is 0.331. The third kappa shape index (κ3) is 10.5. The van der Waals surface area contributed by atoms with Gasteiger partial charge in [0.05, 0.1) is 5.69 Å². The van der Waals surface area contributed by atoms with E-state index >= 15 is 0 Å². The molecule has 0 atom stereocenters. The molecule has 0 aliphatic carbocycles. The molecule has 7 heteroatoms. The van der Waals surface area contributed by atoms with Crippen LogP contribution in [0.1, 0.15) is 67.5 Å². The maximum absolute atomic E-state index is 4.57. The first-order valence-electron chi connectivity index (χ1n) is 12.7. The zero-order valence-electron chi connectivity index (χ0n) is 22.9. The number of benzene rings is 2. The fourth-order valence-electron chi connectivity index (χ4n) is 4.52. The Morgan fingerprint density at radius 1 is 0.703 bits per heavy atom. The van der Waals surface area contributed by atoms with Gasteiger partial charge in [0.25, 0.3) is 0 Å². The number of nitrogens with zero attached hydrogens (tertiary/aromatic N) is 2. The second-order valence-corrected chi connectivity index (χ2v) is 9.84. The average molecular weight is 589 g/mol. The van der Waals surface area contributed by atoms with Crippen molar-refractivity contribution in [3.8, 4) is 0 Å². The van der Waals surface area contributed by atoms with Gasteiger partial charge in [0.15, 0.2) is 0 Å². The van der Waals surface area contributed by atoms with Gasteiger partial charge in [0.2, 0.25) is 0 Å². The van der Waals surface area contributed by atoms with Gasteiger partial charge in [-0.15, -0.1) is 0 Å². The van der Waals surface area contributed by atoms with Gasteiger partial charge in [-0.3, -0.25) is 9.88 Å². The Labute approximate surface area is 247 Å². The van der Waals surface area contributed by atoms with E-state index < -0.39 is 0 Å². The van der Waals surface area contributed by atoms with Gasteiger partial charge in [0.1, 0.15) is 0 Å². The number of aryl methyl sites for hydroxylation is 2. The molecule has 0 aliphatic heterocycles. The maximum Gasteiger partial charge on any atom is 2.00 e. The summed E-state index contributed by atoms with van der Waals surface area (Å²) in [5.41, 5.74) is 9.08. The molecule has 0 aliphatic rings. The number of pyridine rings is 1. The largest absolute Gasteiger partial charge is 2.00 e. The summed E-state index contributed by atoms with van der Waals surface area (Å²) in [6.07, 6.45) is 1.88. The summed E-state index contributed by atoms with van der Waals surface area (Å²) in [7, 11) is 0. The Kier molecular flexibility index (Phi) is 16.8. The second kappa shape index (κ2) is 17.7. The van der Waals surface area contributed by atoms with Gasteiger partial charge in [-0.25, -0.2) is 0 Å². The molecule has 0 fully saturated rings. The summed E-state index contributed by atoms with van der Waals surface area (Å²) in [4.78, 5) is 7.06. The van der Waals surface area contributed by atoms with Crippen LogP contribution in [0.25, 0.3) is 0 Å². The number of aromatic nitrogens is 1. The molecule has 4 nitrogen and oxygen atoms in total. The van der Waals surface area contributed by atoms with Crippen LogP contribution in [-0.4, -0.2) is 36.1 Å². The third-order valence-corrected chi connectivity index (χ3v) is 6.43. The van der Waals surface area contributed by atoms with Gasteiger partial charge in [-0.05, 0) is 60.1 Å². The van der Waals surface area contributed by atoms with Crippen LogP contribution in [-0.2, 0) is 23.3 Å². The molecule has 0 saturated carbocycles. The van der Waals surface area contributed by atoms with Crippen molar-refractivity contribution in [3.63, 3.8) is 0 Å². The van der Waals surface area contributed by atoms with Crippen molar-refractivity contribution in [2.24, 2.45) is 0 Å². The van der Waals surface area contributed by atoms with Gasteiger partial charge < -0.3 is 35.4 Å². The van der Waals surface area contributed by atoms with E-state index in [1.165, 1.54) is 33.6 Å². The normalized spacial score (nSPS) is 10.5. The van der Waals surface area contributed by atoms with E-state index in [9.17, 15) is 0 Å². The minimum absolute atomic E-state index is 0. The van der Waals surface area contributed by atoms with Gasteiger partial charge in [-0.1, -0.05) is 70.2 Å². The molecule has 205 valence electrons. The van der Waals surface area contributed by atoms with Crippen LogP contribution in [0.15, 0.2) is 60.8 Å². The topological polar surface area (TPSA) is 40.2 Å². The molecular formula is C30H42Cl2CoN4. The van der Waals surface area contributed by atoms with E-state index in [0.717, 1.165) is 38.4 Å². The smallest absolute Gasteiger partial charge is 1.00 e. The number of para-hydroxylation sites is 2. The molecule has 0 spiro atoms. The zero-order chi connectivity index (χ0) is 24.5. The van der Waals surface area contributed by atoms with E-state index in [1.54, 1.807) is 0 Å². The van der Waals surface area contributed by atoms with Gasteiger partial charge in [0, 0.05) is 50.3 Å². The minimum Gasteiger partial charge on any atom is -1.00 e. The van der Waals surface area contributed by atoms with Crippen molar-refractivity contribution in [3.05, 3.63) is 88.7 Å². The minimum atomic E-state index is 0. The fraction of sp³-hybridized carbons (Fsp3) is 0.433. The van der Waals surface area contributed by atoms with Crippen LogP contribution in [0.5, 0.6) is 0 Å². The van der Waals surface area contributed by atoms with Crippen molar-refractivity contribution < 1.29 is 41.6 Å². The molecule has 37 heavy (non-hydrogen) atoms.